The first-order chi connectivity index (χ1) is 14.1. The minimum Gasteiger partial charge on any atom is -0.497 e. The molecule has 1 fully saturated rings. The maximum atomic E-state index is 12.6. The summed E-state index contributed by atoms with van der Waals surface area (Å²) in [6.45, 7) is 5.47. The Hall–Kier alpha value is -3.15. The quantitative estimate of drug-likeness (QED) is 0.671. The molecule has 0 N–H and O–H groups in total. The molecule has 1 heterocycles. The van der Waals surface area contributed by atoms with Gasteiger partial charge < -0.3 is 24.0 Å². The van der Waals surface area contributed by atoms with Gasteiger partial charge in [0, 0.05) is 44.0 Å². The molecule has 0 saturated carbocycles. The molecular formula is C23H28N2O4. The highest BCUT2D eigenvalue weighted by atomic mass is 16.5. The Morgan fingerprint density at radius 3 is 2.48 bits per heavy atom. The predicted octanol–water partition coefficient (Wildman–Crippen LogP) is 3.46. The zero-order chi connectivity index (χ0) is 20.6. The SMILES string of the molecule is CCOc1ccc(/C=C/C(=O)N2CCN(c3cccc(OC)c3)CC2)cc1OC. The van der Waals surface area contributed by atoms with Crippen molar-refractivity contribution in [3.05, 3.63) is 54.1 Å². The summed E-state index contributed by atoms with van der Waals surface area (Å²) in [7, 11) is 3.28. The molecule has 1 aliphatic heterocycles. The molecule has 1 saturated heterocycles. The molecule has 0 radical (unpaired) electrons. The van der Waals surface area contributed by atoms with Gasteiger partial charge in [-0.2, -0.15) is 0 Å². The lowest BCUT2D eigenvalue weighted by molar-refractivity contribution is -0.126. The van der Waals surface area contributed by atoms with Crippen LogP contribution in [0.25, 0.3) is 6.08 Å². The van der Waals surface area contributed by atoms with Gasteiger partial charge in [-0.05, 0) is 42.8 Å². The third-order valence-corrected chi connectivity index (χ3v) is 4.92. The van der Waals surface area contributed by atoms with Crippen molar-refractivity contribution >= 4 is 17.7 Å². The van der Waals surface area contributed by atoms with Gasteiger partial charge in [0.15, 0.2) is 11.5 Å². The van der Waals surface area contributed by atoms with Crippen molar-refractivity contribution in [3.8, 4) is 17.2 Å². The lowest BCUT2D eigenvalue weighted by Crippen LogP contribution is -2.48. The van der Waals surface area contributed by atoms with E-state index in [1.165, 1.54) is 0 Å². The smallest absolute Gasteiger partial charge is 0.246 e. The summed E-state index contributed by atoms with van der Waals surface area (Å²) in [6.07, 6.45) is 3.44. The van der Waals surface area contributed by atoms with Crippen LogP contribution in [0, 0.1) is 0 Å². The molecule has 1 aliphatic rings. The number of piperazine rings is 1. The zero-order valence-electron chi connectivity index (χ0n) is 17.3. The van der Waals surface area contributed by atoms with Gasteiger partial charge in [0.2, 0.25) is 5.91 Å². The van der Waals surface area contributed by atoms with Crippen LogP contribution in [0.2, 0.25) is 0 Å². The second kappa shape index (κ2) is 9.87. The van der Waals surface area contributed by atoms with Crippen molar-refractivity contribution in [1.29, 1.82) is 0 Å². The van der Waals surface area contributed by atoms with Gasteiger partial charge in [-0.3, -0.25) is 4.79 Å². The number of rotatable bonds is 7. The van der Waals surface area contributed by atoms with Gasteiger partial charge in [-0.1, -0.05) is 12.1 Å². The molecule has 0 aliphatic carbocycles. The average Bonchev–Trinajstić information content (AvgIpc) is 2.78. The number of benzene rings is 2. The lowest BCUT2D eigenvalue weighted by Gasteiger charge is -2.35. The van der Waals surface area contributed by atoms with Gasteiger partial charge in [-0.15, -0.1) is 0 Å². The molecule has 0 atom stereocenters. The maximum Gasteiger partial charge on any atom is 0.246 e. The third kappa shape index (κ3) is 5.22. The summed E-state index contributed by atoms with van der Waals surface area (Å²) in [4.78, 5) is 16.7. The van der Waals surface area contributed by atoms with Crippen LogP contribution in [0.4, 0.5) is 5.69 Å². The normalized spacial score (nSPS) is 14.2. The van der Waals surface area contributed by atoms with Crippen LogP contribution >= 0.6 is 0 Å². The summed E-state index contributed by atoms with van der Waals surface area (Å²) in [6, 6.07) is 13.7. The monoisotopic (exact) mass is 396 g/mol. The minimum absolute atomic E-state index is 0.0168. The van der Waals surface area contributed by atoms with E-state index in [9.17, 15) is 4.79 Å². The molecule has 1 amide bonds. The second-order valence-electron chi connectivity index (χ2n) is 6.69. The topological polar surface area (TPSA) is 51.2 Å². The second-order valence-corrected chi connectivity index (χ2v) is 6.69. The molecule has 2 aromatic carbocycles. The van der Waals surface area contributed by atoms with Crippen molar-refractivity contribution in [1.82, 2.24) is 4.90 Å². The molecule has 154 valence electrons. The Morgan fingerprint density at radius 2 is 1.79 bits per heavy atom. The van der Waals surface area contributed by atoms with Gasteiger partial charge in [-0.25, -0.2) is 0 Å². The summed E-state index contributed by atoms with van der Waals surface area (Å²) < 4.78 is 16.2. The first-order valence-electron chi connectivity index (χ1n) is 9.81. The van der Waals surface area contributed by atoms with Crippen LogP contribution in [0.1, 0.15) is 12.5 Å². The summed E-state index contributed by atoms with van der Waals surface area (Å²) >= 11 is 0. The van der Waals surface area contributed by atoms with Crippen molar-refractivity contribution in [2.45, 2.75) is 6.92 Å². The molecule has 29 heavy (non-hydrogen) atoms. The number of carbonyl (C=O) groups excluding carboxylic acids is 1. The summed E-state index contributed by atoms with van der Waals surface area (Å²) in [5.74, 6) is 2.22. The van der Waals surface area contributed by atoms with Gasteiger partial charge in [0.1, 0.15) is 5.75 Å². The van der Waals surface area contributed by atoms with E-state index in [1.54, 1.807) is 20.3 Å². The maximum absolute atomic E-state index is 12.6. The zero-order valence-corrected chi connectivity index (χ0v) is 17.3. The largest absolute Gasteiger partial charge is 0.497 e. The number of methoxy groups -OCH3 is 2. The Labute approximate surface area is 172 Å². The Balaban J connectivity index is 1.58. The molecular weight excluding hydrogens is 368 g/mol. The van der Waals surface area contributed by atoms with E-state index in [2.05, 4.69) is 11.0 Å². The van der Waals surface area contributed by atoms with E-state index < -0.39 is 0 Å². The van der Waals surface area contributed by atoms with Crippen LogP contribution in [0.3, 0.4) is 0 Å². The minimum atomic E-state index is 0.0168. The average molecular weight is 396 g/mol. The number of anilines is 1. The van der Waals surface area contributed by atoms with Gasteiger partial charge in [0.05, 0.1) is 20.8 Å². The van der Waals surface area contributed by atoms with Crippen LogP contribution in [0.5, 0.6) is 17.2 Å². The molecule has 0 unspecified atom stereocenters. The molecule has 0 spiro atoms. The Morgan fingerprint density at radius 1 is 1.00 bits per heavy atom. The van der Waals surface area contributed by atoms with Crippen molar-refractivity contribution in [2.75, 3.05) is 51.9 Å². The number of nitrogens with zero attached hydrogens (tertiary/aromatic N) is 2. The lowest BCUT2D eigenvalue weighted by atomic mass is 10.1. The van der Waals surface area contributed by atoms with Gasteiger partial charge >= 0.3 is 0 Å². The molecule has 6 heteroatoms. The van der Waals surface area contributed by atoms with E-state index in [0.717, 1.165) is 30.1 Å². The van der Waals surface area contributed by atoms with Crippen molar-refractivity contribution < 1.29 is 19.0 Å². The molecule has 0 bridgehead atoms. The van der Waals surface area contributed by atoms with Crippen molar-refractivity contribution in [3.63, 3.8) is 0 Å². The first kappa shape index (κ1) is 20.6. The highest BCUT2D eigenvalue weighted by Gasteiger charge is 2.20. The molecule has 0 aromatic heterocycles. The Kier molecular flexibility index (Phi) is 7.00. The fourth-order valence-electron chi connectivity index (χ4n) is 3.33. The number of hydrogen-bond acceptors (Lipinski definition) is 5. The summed E-state index contributed by atoms with van der Waals surface area (Å²) in [5, 5.41) is 0. The van der Waals surface area contributed by atoms with Crippen molar-refractivity contribution in [2.24, 2.45) is 0 Å². The Bertz CT molecular complexity index is 858. The predicted molar refractivity (Wildman–Crippen MR) is 115 cm³/mol. The molecule has 2 aromatic rings. The molecule has 6 nitrogen and oxygen atoms in total. The standard InChI is InChI=1S/C23H28N2O4/c1-4-29-21-10-8-18(16-22(21)28-3)9-11-23(26)25-14-12-24(13-15-25)19-6-5-7-20(17-19)27-2/h5-11,16-17H,4,12-15H2,1-3H3/b11-9+. The number of hydrogen-bond donors (Lipinski definition) is 0. The van der Waals surface area contributed by atoms with E-state index in [0.29, 0.717) is 31.2 Å². The van der Waals surface area contributed by atoms with E-state index in [1.807, 2.05) is 54.3 Å². The fourth-order valence-corrected chi connectivity index (χ4v) is 3.33. The third-order valence-electron chi connectivity index (χ3n) is 4.92. The molecule has 3 rings (SSSR count). The van der Waals surface area contributed by atoms with E-state index in [4.69, 9.17) is 14.2 Å². The highest BCUT2D eigenvalue weighted by Crippen LogP contribution is 2.28. The van der Waals surface area contributed by atoms with Crippen LogP contribution in [-0.2, 0) is 4.79 Å². The fraction of sp³-hybridized carbons (Fsp3) is 0.348. The highest BCUT2D eigenvalue weighted by molar-refractivity contribution is 5.92. The van der Waals surface area contributed by atoms with Crippen LogP contribution < -0.4 is 19.1 Å². The van der Waals surface area contributed by atoms with Crippen LogP contribution in [0.15, 0.2) is 48.5 Å². The number of carbonyl (C=O) groups is 1. The summed E-state index contributed by atoms with van der Waals surface area (Å²) in [5.41, 5.74) is 2.02. The van der Waals surface area contributed by atoms with Crippen LogP contribution in [-0.4, -0.2) is 57.8 Å². The van der Waals surface area contributed by atoms with E-state index in [-0.39, 0.29) is 5.91 Å². The van der Waals surface area contributed by atoms with E-state index >= 15 is 0 Å². The van der Waals surface area contributed by atoms with Gasteiger partial charge in [0.25, 0.3) is 0 Å². The first-order valence-corrected chi connectivity index (χ1v) is 9.81. The number of ether oxygens (including phenoxy) is 3. The number of amides is 1.